The van der Waals surface area contributed by atoms with Gasteiger partial charge in [-0.3, -0.25) is 0 Å². The van der Waals surface area contributed by atoms with E-state index >= 15 is 0 Å². The fourth-order valence-electron chi connectivity index (χ4n) is 2.20. The summed E-state index contributed by atoms with van der Waals surface area (Å²) in [4.78, 5) is 11.3. The van der Waals surface area contributed by atoms with Crippen LogP contribution in [-0.4, -0.2) is 17.6 Å². The van der Waals surface area contributed by atoms with Gasteiger partial charge in [0, 0.05) is 18.3 Å². The molecule has 0 aliphatic heterocycles. The molecule has 1 aliphatic rings. The van der Waals surface area contributed by atoms with Crippen molar-refractivity contribution in [1.29, 1.82) is 5.26 Å². The Bertz CT molecular complexity index is 759. The normalized spacial score (nSPS) is 13.2. The number of hydrogen-bond donors (Lipinski definition) is 2. The molecule has 5 heteroatoms. The molecule has 0 atom stereocenters. The van der Waals surface area contributed by atoms with E-state index in [9.17, 15) is 9.90 Å². The average Bonchev–Trinajstić information content (AvgIpc) is 3.38. The van der Waals surface area contributed by atoms with Crippen molar-refractivity contribution in [3.63, 3.8) is 0 Å². The second-order valence-electron chi connectivity index (χ2n) is 5.61. The summed E-state index contributed by atoms with van der Waals surface area (Å²) in [6.07, 6.45) is 2.44. The lowest BCUT2D eigenvalue weighted by Gasteiger charge is -2.11. The fraction of sp³-hybridized carbons (Fsp3) is 0.222. The number of anilines is 1. The number of ether oxygens (including phenoxy) is 1. The maximum Gasteiger partial charge on any atom is 0.335 e. The van der Waals surface area contributed by atoms with Crippen LogP contribution < -0.4 is 10.1 Å². The minimum atomic E-state index is -0.996. The highest BCUT2D eigenvalue weighted by Gasteiger charge is 2.21. The van der Waals surface area contributed by atoms with Crippen LogP contribution in [0.25, 0.3) is 0 Å². The van der Waals surface area contributed by atoms with E-state index in [2.05, 4.69) is 5.32 Å². The minimum absolute atomic E-state index is 0.175. The van der Waals surface area contributed by atoms with Crippen molar-refractivity contribution >= 4 is 11.7 Å². The van der Waals surface area contributed by atoms with Crippen molar-refractivity contribution in [3.8, 4) is 17.6 Å². The van der Waals surface area contributed by atoms with Gasteiger partial charge in [-0.1, -0.05) is 0 Å². The van der Waals surface area contributed by atoms with Crippen molar-refractivity contribution in [1.82, 2.24) is 0 Å². The van der Waals surface area contributed by atoms with Crippen LogP contribution in [-0.2, 0) is 0 Å². The predicted octanol–water partition coefficient (Wildman–Crippen LogP) is 3.87. The monoisotopic (exact) mass is 308 g/mol. The summed E-state index contributed by atoms with van der Waals surface area (Å²) in [6.45, 7) is 0.847. The maximum atomic E-state index is 11.3. The number of hydrogen-bond acceptors (Lipinski definition) is 4. The third-order valence-corrected chi connectivity index (χ3v) is 3.66. The van der Waals surface area contributed by atoms with Crippen molar-refractivity contribution in [2.24, 2.45) is 5.92 Å². The Kier molecular flexibility index (Phi) is 4.15. The molecule has 0 aromatic heterocycles. The molecular weight excluding hydrogens is 292 g/mol. The maximum absolute atomic E-state index is 11.3. The Morgan fingerprint density at radius 1 is 1.22 bits per heavy atom. The van der Waals surface area contributed by atoms with Crippen LogP contribution >= 0.6 is 0 Å². The van der Waals surface area contributed by atoms with Crippen molar-refractivity contribution in [3.05, 3.63) is 53.6 Å². The van der Waals surface area contributed by atoms with Crippen LogP contribution in [0.5, 0.6) is 11.5 Å². The van der Waals surface area contributed by atoms with Crippen molar-refractivity contribution < 1.29 is 14.6 Å². The van der Waals surface area contributed by atoms with E-state index in [0.717, 1.165) is 12.2 Å². The lowest BCUT2D eigenvalue weighted by molar-refractivity contribution is 0.0696. The minimum Gasteiger partial charge on any atom is -0.478 e. The molecule has 23 heavy (non-hydrogen) atoms. The topological polar surface area (TPSA) is 82.3 Å². The Hall–Kier alpha value is -3.00. The molecule has 2 N–H and O–H groups in total. The Morgan fingerprint density at radius 2 is 1.96 bits per heavy atom. The molecular formula is C18H16N2O3. The van der Waals surface area contributed by atoms with Gasteiger partial charge < -0.3 is 15.2 Å². The van der Waals surface area contributed by atoms with Gasteiger partial charge in [0.05, 0.1) is 17.2 Å². The first-order valence-electron chi connectivity index (χ1n) is 7.44. The van der Waals surface area contributed by atoms with Gasteiger partial charge in [0.25, 0.3) is 0 Å². The SMILES string of the molecule is N#Cc1ccc(Oc2cc(NCC3CC3)cc(C(=O)O)c2)cc1. The predicted molar refractivity (Wildman–Crippen MR) is 85.8 cm³/mol. The second kappa shape index (κ2) is 6.41. The van der Waals surface area contributed by atoms with Gasteiger partial charge in [0.1, 0.15) is 11.5 Å². The molecule has 0 saturated heterocycles. The number of carboxylic acid groups (broad SMARTS) is 1. The van der Waals surface area contributed by atoms with E-state index in [4.69, 9.17) is 10.00 Å². The highest BCUT2D eigenvalue weighted by Crippen LogP contribution is 2.31. The van der Waals surface area contributed by atoms with E-state index in [1.165, 1.54) is 18.9 Å². The van der Waals surface area contributed by atoms with Crippen LogP contribution in [0.4, 0.5) is 5.69 Å². The number of aromatic carboxylic acids is 1. The molecule has 1 saturated carbocycles. The molecule has 5 nitrogen and oxygen atoms in total. The molecule has 0 unspecified atom stereocenters. The smallest absolute Gasteiger partial charge is 0.335 e. The fourth-order valence-corrected chi connectivity index (χ4v) is 2.20. The summed E-state index contributed by atoms with van der Waals surface area (Å²) < 4.78 is 5.72. The number of rotatable bonds is 6. The van der Waals surface area contributed by atoms with Gasteiger partial charge in [-0.05, 0) is 55.2 Å². The van der Waals surface area contributed by atoms with Gasteiger partial charge in [-0.2, -0.15) is 5.26 Å². The Labute approximate surface area is 134 Å². The number of carboxylic acids is 1. The van der Waals surface area contributed by atoms with E-state index in [1.54, 1.807) is 36.4 Å². The lowest BCUT2D eigenvalue weighted by atomic mass is 10.2. The number of nitrogens with one attached hydrogen (secondary N) is 1. The lowest BCUT2D eigenvalue weighted by Crippen LogP contribution is -2.05. The molecule has 116 valence electrons. The molecule has 1 fully saturated rings. The summed E-state index contributed by atoms with van der Waals surface area (Å²) in [5.41, 5.74) is 1.46. The third-order valence-electron chi connectivity index (χ3n) is 3.66. The zero-order valence-corrected chi connectivity index (χ0v) is 12.5. The van der Waals surface area contributed by atoms with Gasteiger partial charge in [0.2, 0.25) is 0 Å². The summed E-state index contributed by atoms with van der Waals surface area (Å²) in [5.74, 6) is 0.698. The van der Waals surface area contributed by atoms with Crippen LogP contribution in [0, 0.1) is 17.2 Å². The van der Waals surface area contributed by atoms with Crippen LogP contribution in [0.2, 0.25) is 0 Å². The Balaban J connectivity index is 1.80. The quantitative estimate of drug-likeness (QED) is 0.846. The third kappa shape index (κ3) is 4.01. The van der Waals surface area contributed by atoms with E-state index in [-0.39, 0.29) is 5.56 Å². The largest absolute Gasteiger partial charge is 0.478 e. The first-order valence-corrected chi connectivity index (χ1v) is 7.44. The van der Waals surface area contributed by atoms with Crippen LogP contribution in [0.1, 0.15) is 28.8 Å². The standard InChI is InChI=1S/C18H16N2O3/c19-10-12-3-5-16(6-4-12)23-17-8-14(18(21)22)7-15(9-17)20-11-13-1-2-13/h3-9,13,20H,1-2,11H2,(H,21,22). The summed E-state index contributed by atoms with van der Waals surface area (Å²) in [7, 11) is 0. The number of benzene rings is 2. The first kappa shape index (κ1) is 14.9. The van der Waals surface area contributed by atoms with Gasteiger partial charge in [-0.15, -0.1) is 0 Å². The highest BCUT2D eigenvalue weighted by atomic mass is 16.5. The number of nitrogens with zero attached hydrogens (tertiary/aromatic N) is 1. The zero-order valence-electron chi connectivity index (χ0n) is 12.5. The molecule has 1 aliphatic carbocycles. The average molecular weight is 308 g/mol. The number of carbonyl (C=O) groups is 1. The molecule has 3 rings (SSSR count). The van der Waals surface area contributed by atoms with E-state index in [1.807, 2.05) is 6.07 Å². The van der Waals surface area contributed by atoms with Crippen LogP contribution in [0.3, 0.4) is 0 Å². The molecule has 2 aromatic carbocycles. The molecule has 0 spiro atoms. The van der Waals surface area contributed by atoms with Gasteiger partial charge >= 0.3 is 5.97 Å². The van der Waals surface area contributed by atoms with Gasteiger partial charge in [-0.25, -0.2) is 4.79 Å². The van der Waals surface area contributed by atoms with E-state index in [0.29, 0.717) is 23.0 Å². The molecule has 0 heterocycles. The van der Waals surface area contributed by atoms with E-state index < -0.39 is 5.97 Å². The Morgan fingerprint density at radius 3 is 2.57 bits per heavy atom. The number of nitriles is 1. The molecule has 2 aromatic rings. The second-order valence-corrected chi connectivity index (χ2v) is 5.61. The first-order chi connectivity index (χ1) is 11.1. The summed E-state index contributed by atoms with van der Waals surface area (Å²) in [5, 5.41) is 21.3. The van der Waals surface area contributed by atoms with Crippen molar-refractivity contribution in [2.75, 3.05) is 11.9 Å². The summed E-state index contributed by atoms with van der Waals surface area (Å²) in [6, 6.07) is 13.6. The summed E-state index contributed by atoms with van der Waals surface area (Å²) >= 11 is 0. The molecule has 0 bridgehead atoms. The van der Waals surface area contributed by atoms with Crippen molar-refractivity contribution in [2.45, 2.75) is 12.8 Å². The zero-order chi connectivity index (χ0) is 16.2. The molecule has 0 amide bonds. The van der Waals surface area contributed by atoms with Gasteiger partial charge in [0.15, 0.2) is 0 Å². The van der Waals surface area contributed by atoms with Crippen LogP contribution in [0.15, 0.2) is 42.5 Å². The molecule has 0 radical (unpaired) electrons. The highest BCUT2D eigenvalue weighted by molar-refractivity contribution is 5.89.